The summed E-state index contributed by atoms with van der Waals surface area (Å²) in [5.74, 6) is 0. The van der Waals surface area contributed by atoms with Crippen molar-refractivity contribution in [3.8, 4) is 0 Å². The lowest BCUT2D eigenvalue weighted by Gasteiger charge is -2.31. The van der Waals surface area contributed by atoms with Gasteiger partial charge < -0.3 is 18.9 Å². The lowest BCUT2D eigenvalue weighted by molar-refractivity contribution is -0.894. The zero-order chi connectivity index (χ0) is 27.1. The van der Waals surface area contributed by atoms with Crippen LogP contribution in [0.4, 0.5) is 0 Å². The number of hydrogen-bond donors (Lipinski definition) is 1. The lowest BCUT2D eigenvalue weighted by atomic mass is 10.0. The molecular formula is C28H61NO6P+. The number of phosphoric ester groups is 1. The van der Waals surface area contributed by atoms with E-state index in [-0.39, 0.29) is 19.3 Å². The average molecular weight is 539 g/mol. The summed E-state index contributed by atoms with van der Waals surface area (Å²) in [7, 11) is 3.47. The van der Waals surface area contributed by atoms with Gasteiger partial charge in [-0.3, -0.25) is 9.05 Å². The Morgan fingerprint density at radius 3 is 1.53 bits per heavy atom. The van der Waals surface area contributed by atoms with Crippen LogP contribution in [0.3, 0.4) is 0 Å². The molecule has 0 aromatic heterocycles. The first-order valence-electron chi connectivity index (χ1n) is 14.7. The zero-order valence-corrected chi connectivity index (χ0v) is 25.6. The molecule has 1 N–H and O–H groups in total. The van der Waals surface area contributed by atoms with E-state index in [1.807, 2.05) is 28.1 Å². The molecule has 0 aliphatic carbocycles. The van der Waals surface area contributed by atoms with E-state index in [4.69, 9.17) is 18.5 Å². The van der Waals surface area contributed by atoms with E-state index in [1.54, 1.807) is 7.11 Å². The number of quaternary nitrogens is 1. The fraction of sp³-hybridized carbons (Fsp3) is 1.00. The van der Waals surface area contributed by atoms with Crippen molar-refractivity contribution in [3.05, 3.63) is 0 Å². The molecule has 0 aromatic rings. The van der Waals surface area contributed by atoms with Crippen LogP contribution in [-0.4, -0.2) is 76.2 Å². The smallest absolute Gasteiger partial charge is 0.379 e. The third-order valence-corrected chi connectivity index (χ3v) is 7.95. The minimum absolute atomic E-state index is 0.0397. The van der Waals surface area contributed by atoms with Crippen LogP contribution in [0.1, 0.15) is 117 Å². The number of phosphoric acid groups is 1. The van der Waals surface area contributed by atoms with Crippen molar-refractivity contribution in [1.82, 2.24) is 0 Å². The zero-order valence-electron chi connectivity index (χ0n) is 24.7. The first-order chi connectivity index (χ1) is 17.1. The van der Waals surface area contributed by atoms with Crippen LogP contribution >= 0.6 is 7.82 Å². The van der Waals surface area contributed by atoms with E-state index >= 15 is 0 Å². The number of hydrogen-bond acceptors (Lipinski definition) is 5. The maximum absolute atomic E-state index is 12.1. The highest BCUT2D eigenvalue weighted by atomic mass is 31.2. The van der Waals surface area contributed by atoms with Crippen molar-refractivity contribution in [2.75, 3.05) is 54.7 Å². The van der Waals surface area contributed by atoms with E-state index in [9.17, 15) is 9.46 Å². The summed E-state index contributed by atoms with van der Waals surface area (Å²) in [5, 5.41) is 0. The minimum atomic E-state index is -4.11. The minimum Gasteiger partial charge on any atom is -0.379 e. The van der Waals surface area contributed by atoms with Gasteiger partial charge in [0.1, 0.15) is 18.8 Å². The fourth-order valence-corrected chi connectivity index (χ4v) is 4.62. The van der Waals surface area contributed by atoms with Crippen molar-refractivity contribution in [2.24, 2.45) is 0 Å². The largest absolute Gasteiger partial charge is 0.472 e. The third kappa shape index (κ3) is 23.1. The normalized spacial score (nSPS) is 15.6. The molecular weight excluding hydrogens is 477 g/mol. The van der Waals surface area contributed by atoms with Gasteiger partial charge in [0.2, 0.25) is 0 Å². The van der Waals surface area contributed by atoms with E-state index < -0.39 is 13.9 Å². The monoisotopic (exact) mass is 538 g/mol. The van der Waals surface area contributed by atoms with Gasteiger partial charge in [-0.25, -0.2) is 4.57 Å². The van der Waals surface area contributed by atoms with Crippen molar-refractivity contribution in [3.63, 3.8) is 0 Å². The maximum atomic E-state index is 12.1. The Kier molecular flexibility index (Phi) is 22.9. The average Bonchev–Trinajstić information content (AvgIpc) is 2.83. The lowest BCUT2D eigenvalue weighted by Crippen LogP contribution is -2.45. The van der Waals surface area contributed by atoms with Gasteiger partial charge in [-0.2, -0.15) is 0 Å². The molecule has 0 radical (unpaired) electrons. The van der Waals surface area contributed by atoms with Crippen molar-refractivity contribution < 1.29 is 32.5 Å². The van der Waals surface area contributed by atoms with E-state index in [2.05, 4.69) is 6.92 Å². The van der Waals surface area contributed by atoms with Crippen LogP contribution in [0, 0.1) is 0 Å². The second kappa shape index (κ2) is 22.9. The highest BCUT2D eigenvalue weighted by molar-refractivity contribution is 7.47. The molecule has 3 atom stereocenters. The fourth-order valence-electron chi connectivity index (χ4n) is 3.79. The van der Waals surface area contributed by atoms with E-state index in [0.29, 0.717) is 17.7 Å². The van der Waals surface area contributed by atoms with Gasteiger partial charge >= 0.3 is 7.82 Å². The maximum Gasteiger partial charge on any atom is 0.472 e. The third-order valence-electron chi connectivity index (χ3n) is 7.00. The van der Waals surface area contributed by atoms with Crippen LogP contribution in [0.2, 0.25) is 0 Å². The summed E-state index contributed by atoms with van der Waals surface area (Å²) in [6.45, 7) is 5.35. The van der Waals surface area contributed by atoms with Crippen molar-refractivity contribution in [2.45, 2.75) is 129 Å². The summed E-state index contributed by atoms with van der Waals surface area (Å²) in [6, 6.07) is 0.0651. The van der Waals surface area contributed by atoms with Crippen molar-refractivity contribution >= 4 is 7.82 Å². The second-order valence-corrected chi connectivity index (χ2v) is 12.7. The molecule has 1 unspecified atom stereocenters. The second-order valence-electron chi connectivity index (χ2n) is 11.3. The summed E-state index contributed by atoms with van der Waals surface area (Å²) in [6.07, 6.45) is 21.2. The quantitative estimate of drug-likeness (QED) is 0.0663. The summed E-state index contributed by atoms with van der Waals surface area (Å²) in [5.41, 5.74) is 0. The first kappa shape index (κ1) is 36.0. The molecule has 0 fully saturated rings. The summed E-state index contributed by atoms with van der Waals surface area (Å²) >= 11 is 0. The number of likely N-dealkylation sites (N-methyl/N-ethyl adjacent to an activating group) is 1. The molecule has 218 valence electrons. The Hall–Kier alpha value is -0.0100. The topological polar surface area (TPSA) is 74.2 Å². The van der Waals surface area contributed by atoms with Gasteiger partial charge in [-0.1, -0.05) is 103 Å². The predicted octanol–water partition coefficient (Wildman–Crippen LogP) is 7.51. The molecule has 0 aliphatic heterocycles. The molecule has 36 heavy (non-hydrogen) atoms. The van der Waals surface area contributed by atoms with E-state index in [0.717, 1.165) is 6.42 Å². The SMILES string of the molecule is CCCCCCCCCCCCCCCCCCOC[C@H](COP(=O)(O)OC[C@@H](C)[N+](C)(C)C)OC. The van der Waals surface area contributed by atoms with Crippen LogP contribution in [0.25, 0.3) is 0 Å². The Morgan fingerprint density at radius 2 is 1.11 bits per heavy atom. The molecule has 0 amide bonds. The Labute approximate surface area is 223 Å². The van der Waals surface area contributed by atoms with Crippen LogP contribution in [-0.2, 0) is 23.1 Å². The molecule has 0 saturated carbocycles. The Morgan fingerprint density at radius 1 is 0.694 bits per heavy atom. The van der Waals surface area contributed by atoms with Gasteiger partial charge in [0.25, 0.3) is 0 Å². The molecule has 8 heteroatoms. The Balaban J connectivity index is 3.56. The van der Waals surface area contributed by atoms with Crippen LogP contribution in [0.5, 0.6) is 0 Å². The van der Waals surface area contributed by atoms with Gasteiger partial charge in [0, 0.05) is 13.7 Å². The first-order valence-corrected chi connectivity index (χ1v) is 16.2. The number of rotatable bonds is 27. The number of ether oxygens (including phenoxy) is 2. The highest BCUT2D eigenvalue weighted by Gasteiger charge is 2.27. The molecule has 0 bridgehead atoms. The molecule has 0 saturated heterocycles. The molecule has 0 aliphatic rings. The summed E-state index contributed by atoms with van der Waals surface area (Å²) in [4.78, 5) is 9.91. The standard InChI is InChI=1S/C28H60NO6P/c1-7-8-9-10-11-12-13-14-15-16-17-18-19-20-21-22-23-33-25-28(32-6)26-35-36(30,31)34-24-27(2)29(3,4)5/h27-28H,7-26H2,1-6H3/p+1/t27-,28-/m1/s1. The van der Waals surface area contributed by atoms with Crippen molar-refractivity contribution in [1.29, 1.82) is 0 Å². The Bertz CT molecular complexity index is 529. The number of unbranched alkanes of at least 4 members (excludes halogenated alkanes) is 15. The van der Waals surface area contributed by atoms with Crippen LogP contribution < -0.4 is 0 Å². The van der Waals surface area contributed by atoms with Gasteiger partial charge in [0.15, 0.2) is 0 Å². The molecule has 0 rings (SSSR count). The molecule has 0 aromatic carbocycles. The molecule has 0 heterocycles. The van der Waals surface area contributed by atoms with Gasteiger partial charge in [-0.05, 0) is 13.3 Å². The number of nitrogens with zero attached hydrogens (tertiary/aromatic N) is 1. The van der Waals surface area contributed by atoms with Crippen LogP contribution in [0.15, 0.2) is 0 Å². The van der Waals surface area contributed by atoms with Gasteiger partial charge in [0.05, 0.1) is 34.4 Å². The highest BCUT2D eigenvalue weighted by Crippen LogP contribution is 2.43. The summed E-state index contributed by atoms with van der Waals surface area (Å²) < 4.78 is 34.0. The van der Waals surface area contributed by atoms with E-state index in [1.165, 1.54) is 96.3 Å². The molecule has 7 nitrogen and oxygen atoms in total. The van der Waals surface area contributed by atoms with Gasteiger partial charge in [-0.15, -0.1) is 0 Å². The molecule has 0 spiro atoms. The predicted molar refractivity (Wildman–Crippen MR) is 150 cm³/mol. The number of methoxy groups -OCH3 is 1.